The molecule has 0 aliphatic rings. The minimum atomic E-state index is -0.270. The molecule has 2 rings (SSSR count). The molecule has 0 aliphatic carbocycles. The fraction of sp³-hybridized carbons (Fsp3) is 0.231. The second-order valence-electron chi connectivity index (χ2n) is 4.22. The van der Waals surface area contributed by atoms with Crippen molar-refractivity contribution < 1.29 is 9.18 Å². The van der Waals surface area contributed by atoms with E-state index in [0.29, 0.717) is 0 Å². The third-order valence-electron chi connectivity index (χ3n) is 2.61. The number of hydrogen-bond acceptors (Lipinski definition) is 2. The summed E-state index contributed by atoms with van der Waals surface area (Å²) in [5.74, 6) is -0.294. The summed E-state index contributed by atoms with van der Waals surface area (Å²) in [6, 6.07) is 6.17. The van der Waals surface area contributed by atoms with Crippen LogP contribution in [0.1, 0.15) is 0 Å². The molecule has 1 aromatic carbocycles. The number of likely N-dealkylation sites (N-methyl/N-ethyl adjacent to an activating group) is 1. The Balaban J connectivity index is 2.15. The Kier molecular flexibility index (Phi) is 3.41. The first-order chi connectivity index (χ1) is 8.56. The molecule has 0 saturated heterocycles. The van der Waals surface area contributed by atoms with Gasteiger partial charge < -0.3 is 4.90 Å². The van der Waals surface area contributed by atoms with E-state index in [4.69, 9.17) is 0 Å². The highest BCUT2D eigenvalue weighted by molar-refractivity contribution is 5.75. The van der Waals surface area contributed by atoms with E-state index >= 15 is 0 Å². The lowest BCUT2D eigenvalue weighted by Gasteiger charge is -2.09. The quantitative estimate of drug-likeness (QED) is 0.829. The molecule has 5 heteroatoms. The van der Waals surface area contributed by atoms with E-state index in [1.54, 1.807) is 43.3 Å². The molecule has 1 heterocycles. The smallest absolute Gasteiger partial charge is 0.243 e. The standard InChI is InChI=1S/C13H14FN3O/c1-16(2)13(18)9-17-8-11(7-15-17)10-3-5-12(14)6-4-10/h3-8H,9H2,1-2H3. The van der Waals surface area contributed by atoms with Crippen LogP contribution in [0.25, 0.3) is 11.1 Å². The van der Waals surface area contributed by atoms with Crippen LogP contribution in [0.15, 0.2) is 36.7 Å². The van der Waals surface area contributed by atoms with Gasteiger partial charge in [-0.2, -0.15) is 5.10 Å². The van der Waals surface area contributed by atoms with Gasteiger partial charge in [0.2, 0.25) is 5.91 Å². The van der Waals surface area contributed by atoms with Gasteiger partial charge in [0.25, 0.3) is 0 Å². The molecule has 1 amide bonds. The van der Waals surface area contributed by atoms with E-state index in [1.807, 2.05) is 0 Å². The average Bonchev–Trinajstić information content (AvgIpc) is 2.78. The first kappa shape index (κ1) is 12.3. The van der Waals surface area contributed by atoms with Gasteiger partial charge >= 0.3 is 0 Å². The molecule has 0 radical (unpaired) electrons. The Morgan fingerprint density at radius 3 is 2.56 bits per heavy atom. The van der Waals surface area contributed by atoms with Gasteiger partial charge in [-0.3, -0.25) is 9.48 Å². The van der Waals surface area contributed by atoms with Crippen LogP contribution in [0.4, 0.5) is 4.39 Å². The summed E-state index contributed by atoms with van der Waals surface area (Å²) in [5, 5.41) is 4.11. The number of nitrogens with zero attached hydrogens (tertiary/aromatic N) is 3. The molecular formula is C13H14FN3O. The highest BCUT2D eigenvalue weighted by atomic mass is 19.1. The number of rotatable bonds is 3. The first-order valence-electron chi connectivity index (χ1n) is 5.55. The van der Waals surface area contributed by atoms with Crippen LogP contribution in [0.2, 0.25) is 0 Å². The predicted molar refractivity (Wildman–Crippen MR) is 66.3 cm³/mol. The van der Waals surface area contributed by atoms with Crippen molar-refractivity contribution >= 4 is 5.91 Å². The van der Waals surface area contributed by atoms with Gasteiger partial charge in [-0.15, -0.1) is 0 Å². The summed E-state index contributed by atoms with van der Waals surface area (Å²) in [5.41, 5.74) is 1.74. The summed E-state index contributed by atoms with van der Waals surface area (Å²) in [4.78, 5) is 13.0. The highest BCUT2D eigenvalue weighted by Crippen LogP contribution is 2.18. The SMILES string of the molecule is CN(C)C(=O)Cn1cc(-c2ccc(F)cc2)cn1. The maximum Gasteiger partial charge on any atom is 0.243 e. The number of carbonyl (C=O) groups is 1. The zero-order valence-electron chi connectivity index (χ0n) is 10.3. The van der Waals surface area contributed by atoms with E-state index in [2.05, 4.69) is 5.10 Å². The molecule has 0 unspecified atom stereocenters. The Morgan fingerprint density at radius 2 is 1.94 bits per heavy atom. The van der Waals surface area contributed by atoms with Gasteiger partial charge in [0, 0.05) is 25.9 Å². The number of aromatic nitrogens is 2. The minimum Gasteiger partial charge on any atom is -0.347 e. The Labute approximate surface area is 105 Å². The van der Waals surface area contributed by atoms with Crippen molar-refractivity contribution in [3.63, 3.8) is 0 Å². The highest BCUT2D eigenvalue weighted by Gasteiger charge is 2.07. The largest absolute Gasteiger partial charge is 0.347 e. The maximum absolute atomic E-state index is 12.8. The van der Waals surface area contributed by atoms with E-state index in [-0.39, 0.29) is 18.3 Å². The lowest BCUT2D eigenvalue weighted by molar-refractivity contribution is -0.129. The molecule has 0 spiro atoms. The molecule has 0 saturated carbocycles. The molecule has 94 valence electrons. The number of carbonyl (C=O) groups excluding carboxylic acids is 1. The van der Waals surface area contributed by atoms with Crippen molar-refractivity contribution in [3.05, 3.63) is 42.5 Å². The fourth-order valence-electron chi connectivity index (χ4n) is 1.52. The summed E-state index contributed by atoms with van der Waals surface area (Å²) in [6.07, 6.45) is 3.44. The van der Waals surface area contributed by atoms with Gasteiger partial charge in [-0.1, -0.05) is 12.1 Å². The molecule has 18 heavy (non-hydrogen) atoms. The molecule has 0 fully saturated rings. The van der Waals surface area contributed by atoms with Gasteiger partial charge in [-0.05, 0) is 17.7 Å². The fourth-order valence-corrected chi connectivity index (χ4v) is 1.52. The second-order valence-corrected chi connectivity index (χ2v) is 4.22. The van der Waals surface area contributed by atoms with Crippen molar-refractivity contribution in [2.45, 2.75) is 6.54 Å². The summed E-state index contributed by atoms with van der Waals surface area (Å²) in [7, 11) is 3.40. The number of benzene rings is 1. The zero-order valence-corrected chi connectivity index (χ0v) is 10.3. The van der Waals surface area contributed by atoms with Crippen molar-refractivity contribution in [3.8, 4) is 11.1 Å². The Hall–Kier alpha value is -2.17. The monoisotopic (exact) mass is 247 g/mol. The normalized spacial score (nSPS) is 10.4. The van der Waals surface area contributed by atoms with Crippen LogP contribution < -0.4 is 0 Å². The van der Waals surface area contributed by atoms with Crippen molar-refractivity contribution in [1.29, 1.82) is 0 Å². The molecule has 4 nitrogen and oxygen atoms in total. The van der Waals surface area contributed by atoms with Gasteiger partial charge in [-0.25, -0.2) is 4.39 Å². The maximum atomic E-state index is 12.8. The van der Waals surface area contributed by atoms with Gasteiger partial charge in [0.05, 0.1) is 6.20 Å². The molecule has 0 bridgehead atoms. The number of hydrogen-bond donors (Lipinski definition) is 0. The minimum absolute atomic E-state index is 0.0243. The average molecular weight is 247 g/mol. The Morgan fingerprint density at radius 1 is 1.28 bits per heavy atom. The van der Waals surface area contributed by atoms with Crippen molar-refractivity contribution in [1.82, 2.24) is 14.7 Å². The van der Waals surface area contributed by atoms with Crippen LogP contribution in [-0.4, -0.2) is 34.7 Å². The van der Waals surface area contributed by atoms with E-state index < -0.39 is 0 Å². The topological polar surface area (TPSA) is 38.1 Å². The zero-order chi connectivity index (χ0) is 13.1. The third kappa shape index (κ3) is 2.74. The van der Waals surface area contributed by atoms with Crippen molar-refractivity contribution in [2.24, 2.45) is 0 Å². The molecule has 2 aromatic rings. The summed E-state index contributed by atoms with van der Waals surface area (Å²) >= 11 is 0. The summed E-state index contributed by atoms with van der Waals surface area (Å²) < 4.78 is 14.4. The van der Waals surface area contributed by atoms with Crippen LogP contribution in [0.5, 0.6) is 0 Å². The number of amides is 1. The predicted octanol–water partition coefficient (Wildman–Crippen LogP) is 1.78. The first-order valence-corrected chi connectivity index (χ1v) is 5.55. The third-order valence-corrected chi connectivity index (χ3v) is 2.61. The van der Waals surface area contributed by atoms with Gasteiger partial charge in [0.15, 0.2) is 0 Å². The van der Waals surface area contributed by atoms with Gasteiger partial charge in [0.1, 0.15) is 12.4 Å². The molecule has 0 N–H and O–H groups in total. The molecule has 0 atom stereocenters. The van der Waals surface area contributed by atoms with Crippen LogP contribution in [0, 0.1) is 5.82 Å². The van der Waals surface area contributed by atoms with Crippen molar-refractivity contribution in [2.75, 3.05) is 14.1 Å². The second kappa shape index (κ2) is 5.00. The van der Waals surface area contributed by atoms with E-state index in [9.17, 15) is 9.18 Å². The molecule has 0 aliphatic heterocycles. The van der Waals surface area contributed by atoms with Crippen LogP contribution in [0.3, 0.4) is 0 Å². The lowest BCUT2D eigenvalue weighted by Crippen LogP contribution is -2.26. The van der Waals surface area contributed by atoms with Crippen LogP contribution >= 0.6 is 0 Å². The molecule has 1 aromatic heterocycles. The summed E-state index contributed by atoms with van der Waals surface area (Å²) in [6.45, 7) is 0.203. The Bertz CT molecular complexity index is 546. The van der Waals surface area contributed by atoms with E-state index in [1.165, 1.54) is 17.0 Å². The number of halogens is 1. The lowest BCUT2D eigenvalue weighted by atomic mass is 10.1. The molecular weight excluding hydrogens is 233 g/mol. The van der Waals surface area contributed by atoms with E-state index in [0.717, 1.165) is 11.1 Å². The van der Waals surface area contributed by atoms with Crippen LogP contribution in [-0.2, 0) is 11.3 Å².